The number of amides is 1. The van der Waals surface area contributed by atoms with E-state index >= 15 is 0 Å². The van der Waals surface area contributed by atoms with Crippen molar-refractivity contribution in [2.24, 2.45) is 0 Å². The number of halogens is 1. The fourth-order valence-corrected chi connectivity index (χ4v) is 3.14. The molecule has 1 amide bonds. The molecule has 144 valence electrons. The number of nitrogens with zero attached hydrogens (tertiary/aromatic N) is 1. The van der Waals surface area contributed by atoms with Crippen LogP contribution in [0, 0.1) is 0 Å². The Bertz CT molecular complexity index is 696. The van der Waals surface area contributed by atoms with E-state index in [9.17, 15) is 9.59 Å². The van der Waals surface area contributed by atoms with Gasteiger partial charge in [0.1, 0.15) is 23.7 Å². The summed E-state index contributed by atoms with van der Waals surface area (Å²) in [4.78, 5) is 26.0. The first-order valence-corrected chi connectivity index (χ1v) is 9.29. The van der Waals surface area contributed by atoms with Gasteiger partial charge in [0.25, 0.3) is 0 Å². The lowest BCUT2D eigenvalue weighted by molar-refractivity contribution is -0.0637. The molecular formula is C19H26BrNO5. The summed E-state index contributed by atoms with van der Waals surface area (Å²) in [5.74, 6) is 0.392. The third-order valence-electron chi connectivity index (χ3n) is 3.92. The Hall–Kier alpha value is -1.60. The van der Waals surface area contributed by atoms with Crippen molar-refractivity contribution in [3.05, 3.63) is 28.2 Å². The summed E-state index contributed by atoms with van der Waals surface area (Å²) in [6, 6.07) is 4.95. The van der Waals surface area contributed by atoms with E-state index in [1.54, 1.807) is 17.0 Å². The van der Waals surface area contributed by atoms with Gasteiger partial charge >= 0.3 is 6.09 Å². The first kappa shape index (κ1) is 20.7. The number of benzene rings is 1. The number of ether oxygens (including phenoxy) is 3. The fourth-order valence-electron chi connectivity index (χ4n) is 2.78. The smallest absolute Gasteiger partial charge is 0.413 e. The molecule has 0 aliphatic carbocycles. The van der Waals surface area contributed by atoms with E-state index in [1.165, 1.54) is 6.92 Å². The third kappa shape index (κ3) is 4.98. The molecule has 0 saturated carbocycles. The van der Waals surface area contributed by atoms with Gasteiger partial charge in [0.05, 0.1) is 18.2 Å². The second kappa shape index (κ2) is 7.56. The van der Waals surface area contributed by atoms with Gasteiger partial charge in [0.15, 0.2) is 5.78 Å². The highest BCUT2D eigenvalue weighted by Gasteiger charge is 2.46. The van der Waals surface area contributed by atoms with Crippen LogP contribution in [0.1, 0.15) is 51.9 Å². The molecule has 1 aliphatic rings. The van der Waals surface area contributed by atoms with Crippen molar-refractivity contribution in [2.75, 3.05) is 13.2 Å². The van der Waals surface area contributed by atoms with Crippen molar-refractivity contribution in [3.63, 3.8) is 0 Å². The predicted octanol–water partition coefficient (Wildman–Crippen LogP) is 4.40. The molecule has 0 radical (unpaired) electrons. The van der Waals surface area contributed by atoms with Gasteiger partial charge in [-0.25, -0.2) is 4.79 Å². The van der Waals surface area contributed by atoms with E-state index < -0.39 is 17.4 Å². The topological polar surface area (TPSA) is 65.1 Å². The number of carbonyl (C=O) groups is 2. The standard InChI is InChI=1S/C19H26BrNO5/c1-12(22)15-9-13(20)7-8-16(15)24-10-14-11-25-19(5,6)21(14)17(23)26-18(2,3)4/h7-9,14H,10-11H2,1-6H3. The van der Waals surface area contributed by atoms with Crippen LogP contribution >= 0.6 is 15.9 Å². The van der Waals surface area contributed by atoms with Gasteiger partial charge in [-0.05, 0) is 59.7 Å². The van der Waals surface area contributed by atoms with Gasteiger partial charge in [0, 0.05) is 4.47 Å². The van der Waals surface area contributed by atoms with Crippen molar-refractivity contribution in [3.8, 4) is 5.75 Å². The molecule has 1 heterocycles. The van der Waals surface area contributed by atoms with E-state index in [-0.39, 0.29) is 18.4 Å². The average Bonchev–Trinajstić information content (AvgIpc) is 2.78. The molecule has 1 atom stereocenters. The minimum Gasteiger partial charge on any atom is -0.491 e. The molecule has 7 heteroatoms. The third-order valence-corrected chi connectivity index (χ3v) is 4.41. The Kier molecular flexibility index (Phi) is 6.02. The maximum Gasteiger partial charge on any atom is 0.413 e. The minimum atomic E-state index is -0.792. The second-order valence-electron chi connectivity index (χ2n) is 7.77. The van der Waals surface area contributed by atoms with E-state index in [4.69, 9.17) is 14.2 Å². The number of ketones is 1. The zero-order valence-electron chi connectivity index (χ0n) is 16.1. The summed E-state index contributed by atoms with van der Waals surface area (Å²) in [5, 5.41) is 0. The number of hydrogen-bond donors (Lipinski definition) is 0. The maximum atomic E-state index is 12.6. The van der Waals surface area contributed by atoms with Crippen LogP contribution in [0.4, 0.5) is 4.79 Å². The average molecular weight is 428 g/mol. The zero-order valence-corrected chi connectivity index (χ0v) is 17.7. The van der Waals surface area contributed by atoms with Gasteiger partial charge < -0.3 is 14.2 Å². The fraction of sp³-hybridized carbons (Fsp3) is 0.579. The molecule has 1 unspecified atom stereocenters. The van der Waals surface area contributed by atoms with Crippen molar-refractivity contribution in [1.82, 2.24) is 4.90 Å². The molecule has 26 heavy (non-hydrogen) atoms. The zero-order chi connectivity index (χ0) is 19.7. The molecule has 1 aromatic carbocycles. The van der Waals surface area contributed by atoms with Gasteiger partial charge in [0.2, 0.25) is 0 Å². The van der Waals surface area contributed by atoms with Crippen LogP contribution < -0.4 is 4.74 Å². The Morgan fingerprint density at radius 2 is 2.00 bits per heavy atom. The molecule has 1 saturated heterocycles. The lowest BCUT2D eigenvalue weighted by atomic mass is 10.1. The van der Waals surface area contributed by atoms with E-state index in [1.807, 2.05) is 40.7 Å². The van der Waals surface area contributed by atoms with E-state index in [0.717, 1.165) is 4.47 Å². The summed E-state index contributed by atoms with van der Waals surface area (Å²) in [6.45, 7) is 11.1. The molecule has 1 aliphatic heterocycles. The molecule has 0 aromatic heterocycles. The molecule has 0 N–H and O–H groups in total. The molecule has 1 aromatic rings. The van der Waals surface area contributed by atoms with E-state index in [0.29, 0.717) is 17.9 Å². The van der Waals surface area contributed by atoms with Crippen molar-refractivity contribution in [2.45, 2.75) is 58.9 Å². The van der Waals surface area contributed by atoms with Crippen molar-refractivity contribution >= 4 is 27.8 Å². The lowest BCUT2D eigenvalue weighted by Gasteiger charge is -2.35. The first-order valence-electron chi connectivity index (χ1n) is 8.50. The quantitative estimate of drug-likeness (QED) is 0.665. The molecule has 0 spiro atoms. The van der Waals surface area contributed by atoms with Gasteiger partial charge in [-0.15, -0.1) is 0 Å². The molecular weight excluding hydrogens is 402 g/mol. The van der Waals surface area contributed by atoms with Crippen LogP contribution in [0.25, 0.3) is 0 Å². The molecule has 6 nitrogen and oxygen atoms in total. The van der Waals surface area contributed by atoms with Crippen LogP contribution in [0.5, 0.6) is 5.75 Å². The summed E-state index contributed by atoms with van der Waals surface area (Å²) < 4.78 is 17.9. The SMILES string of the molecule is CC(=O)c1cc(Br)ccc1OCC1COC(C)(C)N1C(=O)OC(C)(C)C. The Balaban J connectivity index is 2.16. The summed E-state index contributed by atoms with van der Waals surface area (Å²) in [7, 11) is 0. The monoisotopic (exact) mass is 427 g/mol. The predicted molar refractivity (Wildman–Crippen MR) is 102 cm³/mol. The van der Waals surface area contributed by atoms with Crippen LogP contribution in [0.2, 0.25) is 0 Å². The number of carbonyl (C=O) groups excluding carboxylic acids is 2. The molecule has 2 rings (SSSR count). The van der Waals surface area contributed by atoms with Crippen molar-refractivity contribution in [1.29, 1.82) is 0 Å². The van der Waals surface area contributed by atoms with Gasteiger partial charge in [-0.2, -0.15) is 0 Å². The molecule has 1 fully saturated rings. The highest BCUT2D eigenvalue weighted by atomic mass is 79.9. The summed E-state index contributed by atoms with van der Waals surface area (Å²) in [5.41, 5.74) is -0.907. The lowest BCUT2D eigenvalue weighted by Crippen LogP contribution is -2.51. The minimum absolute atomic E-state index is 0.0895. The number of rotatable bonds is 4. The number of Topliss-reactive ketones (excluding diaryl/α,β-unsaturated/α-hetero) is 1. The largest absolute Gasteiger partial charge is 0.491 e. The summed E-state index contributed by atoms with van der Waals surface area (Å²) >= 11 is 3.36. The summed E-state index contributed by atoms with van der Waals surface area (Å²) in [6.07, 6.45) is -0.448. The van der Waals surface area contributed by atoms with E-state index in [2.05, 4.69) is 15.9 Å². The van der Waals surface area contributed by atoms with Gasteiger partial charge in [-0.1, -0.05) is 15.9 Å². The van der Waals surface area contributed by atoms with Gasteiger partial charge in [-0.3, -0.25) is 9.69 Å². The Morgan fingerprint density at radius 3 is 2.58 bits per heavy atom. The first-order chi connectivity index (χ1) is 11.9. The van der Waals surface area contributed by atoms with Crippen LogP contribution in [0.15, 0.2) is 22.7 Å². The van der Waals surface area contributed by atoms with Crippen LogP contribution in [0.3, 0.4) is 0 Å². The normalized spacial score (nSPS) is 19.3. The highest BCUT2D eigenvalue weighted by Crippen LogP contribution is 2.31. The highest BCUT2D eigenvalue weighted by molar-refractivity contribution is 9.10. The van der Waals surface area contributed by atoms with Crippen LogP contribution in [-0.4, -0.2) is 47.4 Å². The molecule has 0 bridgehead atoms. The Morgan fingerprint density at radius 1 is 1.35 bits per heavy atom. The Labute approximate surface area is 162 Å². The maximum absolute atomic E-state index is 12.6. The van der Waals surface area contributed by atoms with Crippen LogP contribution in [-0.2, 0) is 9.47 Å². The number of hydrogen-bond acceptors (Lipinski definition) is 5. The second-order valence-corrected chi connectivity index (χ2v) is 8.69. The van der Waals surface area contributed by atoms with Crippen molar-refractivity contribution < 1.29 is 23.8 Å².